The van der Waals surface area contributed by atoms with Gasteiger partial charge in [0, 0.05) is 6.61 Å². The van der Waals surface area contributed by atoms with Gasteiger partial charge in [0.2, 0.25) is 6.29 Å². The van der Waals surface area contributed by atoms with Gasteiger partial charge in [-0.2, -0.15) is 0 Å². The summed E-state index contributed by atoms with van der Waals surface area (Å²) in [6, 6.07) is 3.39. The Hall–Kier alpha value is -1.09. The van der Waals surface area contributed by atoms with E-state index in [0.717, 1.165) is 0 Å². The molecule has 59 valence electrons. The third-order valence-electron chi connectivity index (χ3n) is 1.24. The monoisotopic (exact) mass is 153 g/mol. The van der Waals surface area contributed by atoms with Crippen LogP contribution in [0.5, 0.6) is 0 Å². The second kappa shape index (κ2) is 3.93. The molecule has 1 atom stereocenters. The summed E-state index contributed by atoms with van der Waals surface area (Å²) in [7, 11) is 0. The van der Waals surface area contributed by atoms with Crippen molar-refractivity contribution in [1.29, 1.82) is 0 Å². The van der Waals surface area contributed by atoms with E-state index in [0.29, 0.717) is 12.4 Å². The molecule has 1 radical (unpaired) electrons. The average Bonchev–Trinajstić information content (AvgIpc) is 2.52. The number of hydrogen-bond donors (Lipinski definition) is 0. The van der Waals surface area contributed by atoms with Crippen molar-refractivity contribution in [3.8, 4) is 0 Å². The molecule has 11 heavy (non-hydrogen) atoms. The third-order valence-corrected chi connectivity index (χ3v) is 1.24. The van der Waals surface area contributed by atoms with E-state index in [9.17, 15) is 4.79 Å². The lowest BCUT2D eigenvalue weighted by molar-refractivity contribution is 0.0919. The predicted octanol–water partition coefficient (Wildman–Crippen LogP) is 1.47. The first-order valence-corrected chi connectivity index (χ1v) is 3.41. The Bertz CT molecular complexity index is 203. The predicted molar refractivity (Wildman–Crippen MR) is 38.8 cm³/mol. The highest BCUT2D eigenvalue weighted by atomic mass is 16.5. The molecule has 1 aromatic heterocycles. The van der Waals surface area contributed by atoms with Gasteiger partial charge in [-0.3, -0.25) is 4.79 Å². The minimum atomic E-state index is -0.671. The van der Waals surface area contributed by atoms with Gasteiger partial charge in [0.15, 0.2) is 6.10 Å². The molecule has 0 saturated heterocycles. The van der Waals surface area contributed by atoms with Crippen LogP contribution < -0.4 is 0 Å². The summed E-state index contributed by atoms with van der Waals surface area (Å²) in [6.45, 7) is 2.29. The second-order valence-corrected chi connectivity index (χ2v) is 1.97. The van der Waals surface area contributed by atoms with Crippen LogP contribution in [0.1, 0.15) is 18.8 Å². The maximum absolute atomic E-state index is 10.3. The van der Waals surface area contributed by atoms with Crippen LogP contribution >= 0.6 is 0 Å². The fourth-order valence-corrected chi connectivity index (χ4v) is 0.781. The molecule has 0 fully saturated rings. The summed E-state index contributed by atoms with van der Waals surface area (Å²) in [6.07, 6.45) is 2.57. The molecule has 0 aliphatic rings. The van der Waals surface area contributed by atoms with Gasteiger partial charge in [0.25, 0.3) is 0 Å². The number of hydrogen-bond acceptors (Lipinski definition) is 3. The summed E-state index contributed by atoms with van der Waals surface area (Å²) in [4.78, 5) is 10.3. The Morgan fingerprint density at radius 2 is 2.64 bits per heavy atom. The van der Waals surface area contributed by atoms with E-state index in [1.807, 2.05) is 6.92 Å². The molecule has 0 amide bonds. The first kappa shape index (κ1) is 8.01. The Morgan fingerprint density at radius 3 is 3.09 bits per heavy atom. The second-order valence-electron chi connectivity index (χ2n) is 1.97. The lowest BCUT2D eigenvalue weighted by Gasteiger charge is -2.04. The van der Waals surface area contributed by atoms with E-state index in [-0.39, 0.29) is 0 Å². The van der Waals surface area contributed by atoms with Crippen LogP contribution in [-0.2, 0) is 9.53 Å². The normalized spacial score (nSPS) is 12.8. The van der Waals surface area contributed by atoms with Crippen LogP contribution in [-0.4, -0.2) is 12.9 Å². The Morgan fingerprint density at radius 1 is 1.82 bits per heavy atom. The first-order valence-electron chi connectivity index (χ1n) is 3.41. The Kier molecular flexibility index (Phi) is 2.86. The summed E-state index contributed by atoms with van der Waals surface area (Å²) in [5, 5.41) is 0. The van der Waals surface area contributed by atoms with E-state index in [1.54, 1.807) is 18.4 Å². The molecular weight excluding hydrogens is 144 g/mol. The van der Waals surface area contributed by atoms with Crippen LogP contribution in [0.25, 0.3) is 0 Å². The summed E-state index contributed by atoms with van der Waals surface area (Å²) in [5.74, 6) is 0.502. The third kappa shape index (κ3) is 1.91. The lowest BCUT2D eigenvalue weighted by Crippen LogP contribution is -2.03. The van der Waals surface area contributed by atoms with Crippen LogP contribution in [0.2, 0.25) is 0 Å². The summed E-state index contributed by atoms with van der Waals surface area (Å²) < 4.78 is 9.97. The molecule has 1 aromatic rings. The van der Waals surface area contributed by atoms with E-state index >= 15 is 0 Å². The van der Waals surface area contributed by atoms with E-state index in [4.69, 9.17) is 9.15 Å². The van der Waals surface area contributed by atoms with Crippen LogP contribution in [0, 0.1) is 0 Å². The molecule has 0 aliphatic heterocycles. The van der Waals surface area contributed by atoms with E-state index < -0.39 is 6.10 Å². The fourth-order valence-electron chi connectivity index (χ4n) is 0.781. The maximum atomic E-state index is 10.3. The largest absolute Gasteiger partial charge is 0.466 e. The highest BCUT2D eigenvalue weighted by Gasteiger charge is 2.12. The average molecular weight is 153 g/mol. The SMILES string of the molecule is CCOC([C]=O)c1ccco1. The zero-order valence-electron chi connectivity index (χ0n) is 6.24. The number of carbonyl (C=O) groups excluding carboxylic acids is 1. The van der Waals surface area contributed by atoms with Gasteiger partial charge >= 0.3 is 0 Å². The molecular formula is C8H9O3. The minimum Gasteiger partial charge on any atom is -0.466 e. The zero-order chi connectivity index (χ0) is 8.10. The molecule has 1 rings (SSSR count). The van der Waals surface area contributed by atoms with Crippen molar-refractivity contribution in [2.45, 2.75) is 13.0 Å². The number of rotatable bonds is 4. The Labute approximate surface area is 65.0 Å². The minimum absolute atomic E-state index is 0.473. The molecule has 1 heterocycles. The van der Waals surface area contributed by atoms with Crippen molar-refractivity contribution < 1.29 is 13.9 Å². The molecule has 1 unspecified atom stereocenters. The summed E-state index contributed by atoms with van der Waals surface area (Å²) >= 11 is 0. The van der Waals surface area contributed by atoms with Crippen molar-refractivity contribution in [1.82, 2.24) is 0 Å². The van der Waals surface area contributed by atoms with Gasteiger partial charge in [0.1, 0.15) is 5.76 Å². The number of ether oxygens (including phenoxy) is 1. The van der Waals surface area contributed by atoms with Crippen molar-refractivity contribution in [3.63, 3.8) is 0 Å². The van der Waals surface area contributed by atoms with Crippen molar-refractivity contribution in [3.05, 3.63) is 24.2 Å². The van der Waals surface area contributed by atoms with Gasteiger partial charge < -0.3 is 9.15 Å². The van der Waals surface area contributed by atoms with Gasteiger partial charge in [-0.25, -0.2) is 0 Å². The van der Waals surface area contributed by atoms with E-state index in [1.165, 1.54) is 6.26 Å². The van der Waals surface area contributed by atoms with Crippen molar-refractivity contribution >= 4 is 6.29 Å². The smallest absolute Gasteiger partial charge is 0.238 e. The molecule has 3 heteroatoms. The molecule has 0 saturated carbocycles. The maximum Gasteiger partial charge on any atom is 0.238 e. The molecule has 3 nitrogen and oxygen atoms in total. The number of furan rings is 1. The standard InChI is InChI=1S/C8H9O3/c1-2-10-8(6-9)7-4-3-5-11-7/h3-5,8H,2H2,1H3. The van der Waals surface area contributed by atoms with E-state index in [2.05, 4.69) is 0 Å². The molecule has 0 aromatic carbocycles. The van der Waals surface area contributed by atoms with Gasteiger partial charge in [-0.05, 0) is 19.1 Å². The molecule has 0 spiro atoms. The van der Waals surface area contributed by atoms with Crippen LogP contribution in [0.15, 0.2) is 22.8 Å². The zero-order valence-corrected chi connectivity index (χ0v) is 6.24. The van der Waals surface area contributed by atoms with Crippen molar-refractivity contribution in [2.24, 2.45) is 0 Å². The molecule has 0 bridgehead atoms. The van der Waals surface area contributed by atoms with Gasteiger partial charge in [-0.15, -0.1) is 0 Å². The van der Waals surface area contributed by atoms with Crippen LogP contribution in [0.3, 0.4) is 0 Å². The summed E-state index contributed by atoms with van der Waals surface area (Å²) in [5.41, 5.74) is 0. The van der Waals surface area contributed by atoms with Crippen LogP contribution in [0.4, 0.5) is 0 Å². The molecule has 0 aliphatic carbocycles. The Balaban J connectivity index is 2.63. The highest BCUT2D eigenvalue weighted by molar-refractivity contribution is 5.59. The van der Waals surface area contributed by atoms with Gasteiger partial charge in [-0.1, -0.05) is 0 Å². The lowest BCUT2D eigenvalue weighted by atomic mass is 10.3. The van der Waals surface area contributed by atoms with Gasteiger partial charge in [0.05, 0.1) is 6.26 Å². The quantitative estimate of drug-likeness (QED) is 0.657. The topological polar surface area (TPSA) is 39.4 Å². The highest BCUT2D eigenvalue weighted by Crippen LogP contribution is 2.14. The fraction of sp³-hybridized carbons (Fsp3) is 0.375. The molecule has 0 N–H and O–H groups in total. The van der Waals surface area contributed by atoms with Crippen molar-refractivity contribution in [2.75, 3.05) is 6.61 Å². The first-order chi connectivity index (χ1) is 5.38.